The molecule has 0 atom stereocenters. The van der Waals surface area contributed by atoms with E-state index in [4.69, 9.17) is 0 Å². The van der Waals surface area contributed by atoms with Gasteiger partial charge in [0, 0.05) is 0 Å². The number of hydrogen-bond donors (Lipinski definition) is 0. The molecule has 0 saturated carbocycles. The molecule has 2 nitrogen and oxygen atoms in total. The third kappa shape index (κ3) is 7.40. The van der Waals surface area contributed by atoms with Gasteiger partial charge in [-0.1, -0.05) is 0 Å². The molecular weight excluding hydrogens is 707 g/mol. The van der Waals surface area contributed by atoms with Crippen LogP contribution in [0.3, 0.4) is 0 Å². The van der Waals surface area contributed by atoms with Crippen LogP contribution in [-0.2, 0) is 27.7 Å². The number of hydrogen-bond acceptors (Lipinski definition) is 2. The standard InChI is InChI=1S/C25H35N2.C13H10.C5H5.2ClH.Zr/c1-16(2)26(17(3)4)22-9-11-24-20(14-22)13-21-15-23(10-12-25(21)24)27(18(5)6)19(7)8;1-3-7-12(8-4-1)11-13-9-5-2-6-10-13;1-2-4-5-3-1;;;/h9-12,14,16-19H,13H2,1-8H3;1-10H;1-3H,4H2;2*1H;/q;;;;;+2/p-2. The zero-order valence-corrected chi connectivity index (χ0v) is 33.7. The van der Waals surface area contributed by atoms with E-state index in [2.05, 4.69) is 174 Å². The summed E-state index contributed by atoms with van der Waals surface area (Å²) in [5, 5.41) is 0. The molecule has 4 aromatic carbocycles. The van der Waals surface area contributed by atoms with Crippen molar-refractivity contribution >= 4 is 17.9 Å². The number of nitrogens with zero attached hydrogens (tertiary/aromatic N) is 2. The molecule has 4 aromatic rings. The first-order valence-electron chi connectivity index (χ1n) is 17.2. The van der Waals surface area contributed by atoms with Crippen molar-refractivity contribution in [3.8, 4) is 11.1 Å². The minimum atomic E-state index is -2.83. The first-order valence-corrected chi connectivity index (χ1v) is 20.9. The van der Waals surface area contributed by atoms with Crippen LogP contribution >= 0.6 is 0 Å². The van der Waals surface area contributed by atoms with E-state index in [1.165, 1.54) is 39.2 Å². The Morgan fingerprint density at radius 1 is 0.625 bits per heavy atom. The van der Waals surface area contributed by atoms with Gasteiger partial charge in [0.15, 0.2) is 0 Å². The van der Waals surface area contributed by atoms with Gasteiger partial charge in [-0.05, 0) is 0 Å². The van der Waals surface area contributed by atoms with Crippen molar-refractivity contribution in [3.05, 3.63) is 135 Å². The van der Waals surface area contributed by atoms with Crippen molar-refractivity contribution < 1.29 is 46.1 Å². The zero-order chi connectivity index (χ0) is 32.5. The molecule has 0 aliphatic heterocycles. The summed E-state index contributed by atoms with van der Waals surface area (Å²) in [5.41, 5.74) is 11.5. The van der Waals surface area contributed by atoms with E-state index < -0.39 is 21.3 Å². The van der Waals surface area contributed by atoms with Gasteiger partial charge in [-0.2, -0.15) is 0 Å². The maximum absolute atomic E-state index is 2.83. The molecule has 0 amide bonds. The number of anilines is 2. The second-order valence-electron chi connectivity index (χ2n) is 14.0. The SMILES string of the molecule is CC(C)N(c1ccc2c(c1)Cc1c-2ccc(N(C(C)C)C(C)C)[c]1[Zr+2]([C]1=CC=CC1)=[C](c1ccccc1)c1ccccc1)C(C)C.[Cl-].[Cl-]. The van der Waals surface area contributed by atoms with Gasteiger partial charge >= 0.3 is 287 Å². The minimum Gasteiger partial charge on any atom is -1.00 e. The van der Waals surface area contributed by atoms with Crippen LogP contribution in [0.5, 0.6) is 0 Å². The molecule has 0 fully saturated rings. The predicted molar refractivity (Wildman–Crippen MR) is 198 cm³/mol. The monoisotopic (exact) mass is 754 g/mol. The van der Waals surface area contributed by atoms with Crippen molar-refractivity contribution in [2.75, 3.05) is 9.80 Å². The minimum absolute atomic E-state index is 0. The molecule has 0 bridgehead atoms. The van der Waals surface area contributed by atoms with E-state index >= 15 is 0 Å². The van der Waals surface area contributed by atoms with E-state index in [-0.39, 0.29) is 24.8 Å². The van der Waals surface area contributed by atoms with Gasteiger partial charge in [0.1, 0.15) is 0 Å². The number of fused-ring (bicyclic) bond motifs is 3. The molecule has 6 rings (SSSR count). The van der Waals surface area contributed by atoms with Crippen LogP contribution in [0.4, 0.5) is 11.4 Å². The molecule has 5 heteroatoms. The maximum Gasteiger partial charge on any atom is -1.00 e. The van der Waals surface area contributed by atoms with Gasteiger partial charge in [0.25, 0.3) is 0 Å². The third-order valence-electron chi connectivity index (χ3n) is 9.56. The first kappa shape index (κ1) is 38.1. The Bertz CT molecular complexity index is 1750. The average molecular weight is 757 g/mol. The van der Waals surface area contributed by atoms with Crippen LogP contribution in [0.15, 0.2) is 113 Å². The quantitative estimate of drug-likeness (QED) is 0.214. The van der Waals surface area contributed by atoms with Gasteiger partial charge < -0.3 is 24.8 Å². The van der Waals surface area contributed by atoms with Gasteiger partial charge in [-0.3, -0.25) is 0 Å². The number of allylic oxidation sites excluding steroid dienone is 4. The molecular formula is C43H50Cl2N2Zr. The third-order valence-corrected chi connectivity index (χ3v) is 17.3. The molecule has 0 saturated heterocycles. The van der Waals surface area contributed by atoms with Crippen molar-refractivity contribution in [1.82, 2.24) is 0 Å². The van der Waals surface area contributed by atoms with Crippen LogP contribution in [0, 0.1) is 0 Å². The average Bonchev–Trinajstić information content (AvgIpc) is 3.68. The molecule has 48 heavy (non-hydrogen) atoms. The molecule has 2 aliphatic carbocycles. The van der Waals surface area contributed by atoms with Gasteiger partial charge in [-0.25, -0.2) is 0 Å². The number of halogens is 2. The largest absolute Gasteiger partial charge is 1.00 e. The molecule has 0 aromatic heterocycles. The van der Waals surface area contributed by atoms with E-state index in [9.17, 15) is 0 Å². The summed E-state index contributed by atoms with van der Waals surface area (Å²) in [6, 6.07) is 36.5. The Balaban J connectivity index is 0.00000260. The Kier molecular flexibility index (Phi) is 13.0. The van der Waals surface area contributed by atoms with Crippen molar-refractivity contribution in [1.29, 1.82) is 0 Å². The van der Waals surface area contributed by atoms with Crippen LogP contribution in [0.1, 0.15) is 84.1 Å². The molecule has 0 N–H and O–H groups in total. The van der Waals surface area contributed by atoms with Crippen molar-refractivity contribution in [2.45, 2.75) is 92.4 Å². The van der Waals surface area contributed by atoms with Crippen molar-refractivity contribution in [3.63, 3.8) is 0 Å². The topological polar surface area (TPSA) is 6.48 Å². The number of benzene rings is 4. The Morgan fingerprint density at radius 3 is 1.67 bits per heavy atom. The summed E-state index contributed by atoms with van der Waals surface area (Å²) in [4.78, 5) is 5.25. The Labute approximate surface area is 309 Å². The van der Waals surface area contributed by atoms with Crippen molar-refractivity contribution in [2.24, 2.45) is 0 Å². The Hall–Kier alpha value is -2.71. The first-order chi connectivity index (χ1) is 22.2. The second-order valence-corrected chi connectivity index (χ2v) is 19.9. The van der Waals surface area contributed by atoms with Gasteiger partial charge in [-0.15, -0.1) is 0 Å². The summed E-state index contributed by atoms with van der Waals surface area (Å²) < 4.78 is 4.92. The van der Waals surface area contributed by atoms with Gasteiger partial charge in [0.2, 0.25) is 0 Å². The normalized spacial score (nSPS) is 12.7. The molecule has 250 valence electrons. The maximum atomic E-state index is 2.69. The van der Waals surface area contributed by atoms with Crippen LogP contribution in [0.25, 0.3) is 11.1 Å². The molecule has 0 heterocycles. The summed E-state index contributed by atoms with van der Waals surface area (Å²) >= 11 is -2.83. The van der Waals surface area contributed by atoms with E-state index in [1.807, 2.05) is 0 Å². The molecule has 0 unspecified atom stereocenters. The van der Waals surface area contributed by atoms with E-state index in [0.717, 1.165) is 12.8 Å². The van der Waals surface area contributed by atoms with Crippen LogP contribution in [-0.4, -0.2) is 27.4 Å². The second kappa shape index (κ2) is 16.3. The van der Waals surface area contributed by atoms with E-state index in [1.54, 1.807) is 15.3 Å². The summed E-state index contributed by atoms with van der Waals surface area (Å²) in [7, 11) is 0. The molecule has 2 aliphatic rings. The fourth-order valence-electron chi connectivity index (χ4n) is 7.99. The van der Waals surface area contributed by atoms with Crippen LogP contribution < -0.4 is 37.9 Å². The van der Waals surface area contributed by atoms with Gasteiger partial charge in [0.05, 0.1) is 0 Å². The summed E-state index contributed by atoms with van der Waals surface area (Å²) in [6.45, 7) is 18.7. The summed E-state index contributed by atoms with van der Waals surface area (Å²) in [5.74, 6) is 0. The van der Waals surface area contributed by atoms with E-state index in [0.29, 0.717) is 24.2 Å². The summed E-state index contributed by atoms with van der Waals surface area (Å²) in [6.07, 6.45) is 9.21. The molecule has 0 radical (unpaired) electrons. The fourth-order valence-corrected chi connectivity index (χ4v) is 16.3. The molecule has 0 spiro atoms. The zero-order valence-electron chi connectivity index (χ0n) is 29.8. The fraction of sp³-hybridized carbons (Fsp3) is 0.326. The number of rotatable bonds is 10. The predicted octanol–water partition coefficient (Wildman–Crippen LogP) is 3.87. The van der Waals surface area contributed by atoms with Crippen LogP contribution in [0.2, 0.25) is 0 Å². The Morgan fingerprint density at radius 2 is 1.17 bits per heavy atom. The smallest absolute Gasteiger partial charge is 1.00 e.